The fraction of sp³-hybridized carbons (Fsp3) is 0.259. The smallest absolute Gasteiger partial charge is 0.244 e. The molecule has 202 valence electrons. The standard InChI is InChI=1S/C27H28Cl2FN3O4S/c1-3-31-27(35)25(13-19-9-5-4-6-10-19)32(17-20-11-7-8-12-24(20)30)26(34)18-33(38(2,36)37)23-15-21(28)14-22(29)16-23/h4-12,14-16,25H,3,13,17-18H2,1-2H3,(H,31,35)/t25-/m1/s1. The largest absolute Gasteiger partial charge is 0.355 e. The molecule has 3 aromatic carbocycles. The highest BCUT2D eigenvalue weighted by Gasteiger charge is 2.33. The summed E-state index contributed by atoms with van der Waals surface area (Å²) in [5, 5.41) is 3.10. The van der Waals surface area contributed by atoms with E-state index < -0.39 is 40.2 Å². The Balaban J connectivity index is 2.07. The number of halogens is 3. The van der Waals surface area contributed by atoms with Crippen LogP contribution in [0.4, 0.5) is 10.1 Å². The summed E-state index contributed by atoms with van der Waals surface area (Å²) in [6.45, 7) is 1.14. The van der Waals surface area contributed by atoms with Gasteiger partial charge in [0.1, 0.15) is 18.4 Å². The number of likely N-dealkylation sites (N-methyl/N-ethyl adjacent to an activating group) is 1. The van der Waals surface area contributed by atoms with Gasteiger partial charge in [0.25, 0.3) is 0 Å². The maximum absolute atomic E-state index is 14.7. The monoisotopic (exact) mass is 579 g/mol. The van der Waals surface area contributed by atoms with Crippen LogP contribution in [0, 0.1) is 5.82 Å². The summed E-state index contributed by atoms with van der Waals surface area (Å²) >= 11 is 12.2. The zero-order valence-electron chi connectivity index (χ0n) is 20.9. The van der Waals surface area contributed by atoms with E-state index in [0.29, 0.717) is 6.54 Å². The first-order valence-corrected chi connectivity index (χ1v) is 14.4. The Morgan fingerprint density at radius 1 is 0.974 bits per heavy atom. The van der Waals surface area contributed by atoms with Crippen molar-refractivity contribution in [2.24, 2.45) is 0 Å². The van der Waals surface area contributed by atoms with Crippen molar-refractivity contribution in [3.05, 3.63) is 99.8 Å². The summed E-state index contributed by atoms with van der Waals surface area (Å²) in [6, 6.07) is 18.1. The molecule has 0 aliphatic heterocycles. The Morgan fingerprint density at radius 3 is 2.16 bits per heavy atom. The number of hydrogen-bond acceptors (Lipinski definition) is 4. The Morgan fingerprint density at radius 2 is 1.58 bits per heavy atom. The van der Waals surface area contributed by atoms with Crippen molar-refractivity contribution < 1.29 is 22.4 Å². The fourth-order valence-corrected chi connectivity index (χ4v) is 5.30. The maximum atomic E-state index is 14.7. The highest BCUT2D eigenvalue weighted by molar-refractivity contribution is 7.92. The van der Waals surface area contributed by atoms with E-state index in [0.717, 1.165) is 16.1 Å². The molecule has 0 unspecified atom stereocenters. The maximum Gasteiger partial charge on any atom is 0.244 e. The fourth-order valence-electron chi connectivity index (χ4n) is 3.95. The third kappa shape index (κ3) is 7.93. The average molecular weight is 581 g/mol. The Bertz CT molecular complexity index is 1370. The van der Waals surface area contributed by atoms with E-state index in [1.165, 1.54) is 41.3 Å². The van der Waals surface area contributed by atoms with Crippen molar-refractivity contribution in [2.45, 2.75) is 25.9 Å². The summed E-state index contributed by atoms with van der Waals surface area (Å²) in [4.78, 5) is 28.3. The van der Waals surface area contributed by atoms with Gasteiger partial charge in [-0.05, 0) is 36.8 Å². The number of anilines is 1. The van der Waals surface area contributed by atoms with Crippen molar-refractivity contribution in [3.63, 3.8) is 0 Å². The molecule has 0 radical (unpaired) electrons. The lowest BCUT2D eigenvalue weighted by Crippen LogP contribution is -2.53. The van der Waals surface area contributed by atoms with Gasteiger partial charge in [0, 0.05) is 35.1 Å². The summed E-state index contributed by atoms with van der Waals surface area (Å²) in [5.74, 6) is -1.71. The van der Waals surface area contributed by atoms with Gasteiger partial charge in [-0.3, -0.25) is 13.9 Å². The van der Waals surface area contributed by atoms with Gasteiger partial charge in [-0.25, -0.2) is 12.8 Å². The van der Waals surface area contributed by atoms with Gasteiger partial charge in [-0.1, -0.05) is 71.7 Å². The number of nitrogens with one attached hydrogen (secondary N) is 1. The second-order valence-corrected chi connectivity index (χ2v) is 11.4. The molecule has 1 atom stereocenters. The molecule has 0 heterocycles. The minimum absolute atomic E-state index is 0.0850. The lowest BCUT2D eigenvalue weighted by molar-refractivity contribution is -0.140. The molecule has 0 aliphatic carbocycles. The van der Waals surface area contributed by atoms with Crippen molar-refractivity contribution in [1.29, 1.82) is 0 Å². The van der Waals surface area contributed by atoms with E-state index >= 15 is 0 Å². The number of rotatable bonds is 11. The molecule has 3 aromatic rings. The predicted octanol–water partition coefficient (Wildman–Crippen LogP) is 4.67. The molecule has 0 fully saturated rings. The zero-order chi connectivity index (χ0) is 27.9. The topological polar surface area (TPSA) is 86.8 Å². The van der Waals surface area contributed by atoms with Crippen LogP contribution in [0.3, 0.4) is 0 Å². The minimum atomic E-state index is -3.98. The first kappa shape index (κ1) is 29.4. The van der Waals surface area contributed by atoms with Crippen molar-refractivity contribution in [1.82, 2.24) is 10.2 Å². The van der Waals surface area contributed by atoms with E-state index in [9.17, 15) is 22.4 Å². The number of benzene rings is 3. The van der Waals surface area contributed by atoms with Crippen molar-refractivity contribution >= 4 is 50.7 Å². The quantitative estimate of drug-likeness (QED) is 0.357. The third-order valence-corrected chi connectivity index (χ3v) is 7.31. The number of carbonyl (C=O) groups is 2. The molecule has 2 amide bonds. The molecule has 0 saturated heterocycles. The predicted molar refractivity (Wildman–Crippen MR) is 148 cm³/mol. The number of hydrogen-bond donors (Lipinski definition) is 1. The molecular formula is C27H28Cl2FN3O4S. The summed E-state index contributed by atoms with van der Waals surface area (Å²) in [7, 11) is -3.98. The van der Waals surface area contributed by atoms with E-state index in [1.807, 2.05) is 18.2 Å². The summed E-state index contributed by atoms with van der Waals surface area (Å²) < 4.78 is 41.0. The van der Waals surface area contributed by atoms with Gasteiger partial charge >= 0.3 is 0 Å². The zero-order valence-corrected chi connectivity index (χ0v) is 23.2. The Hall–Kier alpha value is -3.14. The molecule has 38 heavy (non-hydrogen) atoms. The molecule has 0 spiro atoms. The Labute approximate surface area is 232 Å². The van der Waals surface area contributed by atoms with E-state index in [1.54, 1.807) is 25.1 Å². The summed E-state index contributed by atoms with van der Waals surface area (Å²) in [6.07, 6.45) is 1.08. The van der Waals surface area contributed by atoms with Crippen LogP contribution >= 0.6 is 23.2 Å². The van der Waals surface area contributed by atoms with E-state index in [-0.39, 0.29) is 34.3 Å². The number of carbonyl (C=O) groups excluding carboxylic acids is 2. The molecule has 0 saturated carbocycles. The molecule has 11 heteroatoms. The van der Waals surface area contributed by atoms with Crippen LogP contribution in [0.15, 0.2) is 72.8 Å². The van der Waals surface area contributed by atoms with Gasteiger partial charge in [0.2, 0.25) is 21.8 Å². The van der Waals surface area contributed by atoms with Gasteiger partial charge in [0.05, 0.1) is 11.9 Å². The van der Waals surface area contributed by atoms with Crippen LogP contribution in [-0.4, -0.2) is 50.5 Å². The van der Waals surface area contributed by atoms with Gasteiger partial charge in [-0.2, -0.15) is 0 Å². The SMILES string of the molecule is CCNC(=O)[C@@H](Cc1ccccc1)N(Cc1ccccc1F)C(=O)CN(c1cc(Cl)cc(Cl)c1)S(C)(=O)=O. The number of amides is 2. The first-order chi connectivity index (χ1) is 18.0. The molecule has 0 bridgehead atoms. The lowest BCUT2D eigenvalue weighted by atomic mass is 10.0. The van der Waals surface area contributed by atoms with Crippen LogP contribution in [0.1, 0.15) is 18.1 Å². The molecule has 7 nitrogen and oxygen atoms in total. The molecular weight excluding hydrogens is 552 g/mol. The molecule has 0 aliphatic rings. The van der Waals surface area contributed by atoms with E-state index in [2.05, 4.69) is 5.32 Å². The highest BCUT2D eigenvalue weighted by atomic mass is 35.5. The third-order valence-electron chi connectivity index (χ3n) is 5.74. The minimum Gasteiger partial charge on any atom is -0.355 e. The molecule has 0 aromatic heterocycles. The van der Waals surface area contributed by atoms with Crippen molar-refractivity contribution in [2.75, 3.05) is 23.7 Å². The van der Waals surface area contributed by atoms with Crippen LogP contribution in [0.5, 0.6) is 0 Å². The van der Waals surface area contributed by atoms with Gasteiger partial charge in [0.15, 0.2) is 0 Å². The normalized spacial score (nSPS) is 12.0. The van der Waals surface area contributed by atoms with Crippen molar-refractivity contribution in [3.8, 4) is 0 Å². The molecule has 1 N–H and O–H groups in total. The van der Waals surface area contributed by atoms with Crippen LogP contribution in [0.2, 0.25) is 10.0 Å². The second kappa shape index (κ2) is 13.1. The first-order valence-electron chi connectivity index (χ1n) is 11.8. The van der Waals surface area contributed by atoms with Crippen LogP contribution < -0.4 is 9.62 Å². The Kier molecular flexibility index (Phi) is 10.1. The lowest BCUT2D eigenvalue weighted by Gasteiger charge is -2.33. The number of sulfonamides is 1. The highest BCUT2D eigenvalue weighted by Crippen LogP contribution is 2.27. The van der Waals surface area contributed by atoms with E-state index in [4.69, 9.17) is 23.2 Å². The average Bonchev–Trinajstić information content (AvgIpc) is 2.85. The van der Waals surface area contributed by atoms with Gasteiger partial charge in [-0.15, -0.1) is 0 Å². The second-order valence-electron chi connectivity index (χ2n) is 8.61. The van der Waals surface area contributed by atoms with Gasteiger partial charge < -0.3 is 10.2 Å². The number of nitrogens with zero attached hydrogens (tertiary/aromatic N) is 2. The molecule has 3 rings (SSSR count). The van der Waals surface area contributed by atoms with Crippen LogP contribution in [-0.2, 0) is 32.6 Å². The summed E-state index contributed by atoms with van der Waals surface area (Å²) in [5.41, 5.74) is 1.04. The van der Waals surface area contributed by atoms with Crippen LogP contribution in [0.25, 0.3) is 0 Å².